The number of nitrogens with one attached hydrogen (secondary N) is 2. The maximum atomic E-state index is 13.9. The van der Waals surface area contributed by atoms with E-state index in [-0.39, 0.29) is 5.95 Å². The molecule has 3 heterocycles. The molecule has 3 rings (SSSR count). The van der Waals surface area contributed by atoms with E-state index in [1.807, 2.05) is 0 Å². The number of aromatic nitrogens is 3. The van der Waals surface area contributed by atoms with Gasteiger partial charge in [0.05, 0.1) is 18.1 Å². The number of halogens is 2. The lowest BCUT2D eigenvalue weighted by Crippen LogP contribution is -2.31. The summed E-state index contributed by atoms with van der Waals surface area (Å²) in [6, 6.07) is 2.76. The number of nitrogens with zero attached hydrogens (tertiary/aromatic N) is 3. The summed E-state index contributed by atoms with van der Waals surface area (Å²) in [5.74, 6) is 0.242. The molecule has 0 spiro atoms. The Morgan fingerprint density at radius 1 is 1.23 bits per heavy atom. The second-order valence-electron chi connectivity index (χ2n) is 5.39. The minimum Gasteiger partial charge on any atom is -0.316 e. The summed E-state index contributed by atoms with van der Waals surface area (Å²) in [5, 5.41) is 6.16. The molecule has 0 saturated carbocycles. The van der Waals surface area contributed by atoms with Gasteiger partial charge in [-0.05, 0) is 50.4 Å². The molecule has 1 aliphatic heterocycles. The van der Waals surface area contributed by atoms with Crippen LogP contribution in [0, 0.1) is 17.6 Å². The van der Waals surface area contributed by atoms with Crippen molar-refractivity contribution in [2.75, 3.05) is 18.4 Å². The van der Waals surface area contributed by atoms with E-state index in [4.69, 9.17) is 0 Å². The Morgan fingerprint density at radius 2 is 2.14 bits per heavy atom. The Labute approximate surface area is 127 Å². The predicted octanol–water partition coefficient (Wildman–Crippen LogP) is 2.44. The lowest BCUT2D eigenvalue weighted by molar-refractivity contribution is 0.368. The van der Waals surface area contributed by atoms with Crippen LogP contribution in [0.3, 0.4) is 0 Å². The molecule has 1 saturated heterocycles. The second kappa shape index (κ2) is 6.74. The molecule has 0 bridgehead atoms. The number of hydrogen-bond donors (Lipinski definition) is 2. The van der Waals surface area contributed by atoms with Crippen LogP contribution in [0.1, 0.15) is 18.5 Å². The van der Waals surface area contributed by atoms with Crippen LogP contribution >= 0.6 is 0 Å². The highest BCUT2D eigenvalue weighted by molar-refractivity contribution is 5.47. The van der Waals surface area contributed by atoms with Crippen molar-refractivity contribution < 1.29 is 8.78 Å². The minimum atomic E-state index is -0.420. The third-order valence-electron chi connectivity index (χ3n) is 3.66. The minimum absolute atomic E-state index is 0.263. The van der Waals surface area contributed by atoms with E-state index >= 15 is 0 Å². The molecule has 1 atom stereocenters. The average molecular weight is 305 g/mol. The van der Waals surface area contributed by atoms with E-state index < -0.39 is 11.6 Å². The third-order valence-corrected chi connectivity index (χ3v) is 3.66. The van der Waals surface area contributed by atoms with Gasteiger partial charge >= 0.3 is 0 Å². The summed E-state index contributed by atoms with van der Waals surface area (Å²) in [5.41, 5.74) is 0.397. The van der Waals surface area contributed by atoms with Crippen LogP contribution in [-0.4, -0.2) is 28.0 Å². The molecular formula is C15H17F2N5. The highest BCUT2D eigenvalue weighted by Crippen LogP contribution is 2.18. The molecule has 0 radical (unpaired) electrons. The maximum absolute atomic E-state index is 13.9. The number of pyridine rings is 1. The van der Waals surface area contributed by atoms with Gasteiger partial charge in [0.25, 0.3) is 0 Å². The van der Waals surface area contributed by atoms with Gasteiger partial charge in [-0.25, -0.2) is 23.7 Å². The van der Waals surface area contributed by atoms with Gasteiger partial charge in [0.2, 0.25) is 5.95 Å². The molecule has 2 aromatic heterocycles. The number of anilines is 2. The van der Waals surface area contributed by atoms with Crippen molar-refractivity contribution in [1.82, 2.24) is 20.3 Å². The summed E-state index contributed by atoms with van der Waals surface area (Å²) in [7, 11) is 0. The van der Waals surface area contributed by atoms with Gasteiger partial charge < -0.3 is 10.6 Å². The normalized spacial score (nSPS) is 18.2. The Bertz CT molecular complexity index is 626. The molecule has 2 N–H and O–H groups in total. The molecule has 116 valence electrons. The Kier molecular flexibility index (Phi) is 4.53. The molecule has 2 aromatic rings. The van der Waals surface area contributed by atoms with Crippen LogP contribution in [0.4, 0.5) is 20.5 Å². The molecular weight excluding hydrogens is 288 g/mol. The van der Waals surface area contributed by atoms with Crippen molar-refractivity contribution in [2.45, 2.75) is 19.3 Å². The quantitative estimate of drug-likeness (QED) is 0.908. The fourth-order valence-electron chi connectivity index (χ4n) is 2.54. The lowest BCUT2D eigenvalue weighted by Gasteiger charge is -2.22. The highest BCUT2D eigenvalue weighted by atomic mass is 19.1. The Morgan fingerprint density at radius 3 is 2.86 bits per heavy atom. The monoisotopic (exact) mass is 305 g/mol. The van der Waals surface area contributed by atoms with Crippen molar-refractivity contribution in [3.8, 4) is 0 Å². The van der Waals surface area contributed by atoms with E-state index in [0.29, 0.717) is 23.9 Å². The van der Waals surface area contributed by atoms with E-state index in [9.17, 15) is 8.78 Å². The third kappa shape index (κ3) is 3.73. The SMILES string of the molecule is Fc1ccc(Nc2ncc(F)c(CC3CCCNC3)n2)nc1. The Balaban J connectivity index is 1.72. The number of rotatable bonds is 4. The predicted molar refractivity (Wildman–Crippen MR) is 78.8 cm³/mol. The van der Waals surface area contributed by atoms with E-state index in [2.05, 4.69) is 25.6 Å². The van der Waals surface area contributed by atoms with Crippen molar-refractivity contribution in [3.05, 3.63) is 41.9 Å². The molecule has 1 unspecified atom stereocenters. The smallest absolute Gasteiger partial charge is 0.228 e. The van der Waals surface area contributed by atoms with Crippen molar-refractivity contribution in [1.29, 1.82) is 0 Å². The molecule has 0 amide bonds. The first-order valence-electron chi connectivity index (χ1n) is 7.31. The van der Waals surface area contributed by atoms with E-state index in [1.165, 1.54) is 12.1 Å². The zero-order chi connectivity index (χ0) is 15.4. The van der Waals surface area contributed by atoms with Gasteiger partial charge in [-0.3, -0.25) is 0 Å². The summed E-state index contributed by atoms with van der Waals surface area (Å²) in [6.07, 6.45) is 5.00. The van der Waals surface area contributed by atoms with Gasteiger partial charge in [0.1, 0.15) is 11.6 Å². The summed E-state index contributed by atoms with van der Waals surface area (Å²) >= 11 is 0. The largest absolute Gasteiger partial charge is 0.316 e. The standard InChI is InChI=1S/C15H17F2N5/c16-11-3-4-14(19-8-11)22-15-20-9-12(17)13(21-15)6-10-2-1-5-18-7-10/h3-4,8-10,18H,1-2,5-7H2,(H,19,20,21,22). The van der Waals surface area contributed by atoms with Gasteiger partial charge in [-0.1, -0.05) is 0 Å². The fourth-order valence-corrected chi connectivity index (χ4v) is 2.54. The lowest BCUT2D eigenvalue weighted by atomic mass is 9.94. The molecule has 1 fully saturated rings. The summed E-state index contributed by atoms with van der Waals surface area (Å²) < 4.78 is 26.7. The first-order chi connectivity index (χ1) is 10.7. The van der Waals surface area contributed by atoms with Crippen LogP contribution in [-0.2, 0) is 6.42 Å². The summed E-state index contributed by atoms with van der Waals surface area (Å²) in [6.45, 7) is 1.90. The topological polar surface area (TPSA) is 62.7 Å². The van der Waals surface area contributed by atoms with Crippen LogP contribution in [0.15, 0.2) is 24.5 Å². The zero-order valence-electron chi connectivity index (χ0n) is 12.0. The summed E-state index contributed by atoms with van der Waals surface area (Å²) in [4.78, 5) is 12.0. The number of hydrogen-bond acceptors (Lipinski definition) is 5. The van der Waals surface area contributed by atoms with Gasteiger partial charge in [-0.2, -0.15) is 0 Å². The first-order valence-corrected chi connectivity index (χ1v) is 7.31. The molecule has 7 heteroatoms. The van der Waals surface area contributed by atoms with Crippen LogP contribution in [0.2, 0.25) is 0 Å². The van der Waals surface area contributed by atoms with E-state index in [0.717, 1.165) is 38.3 Å². The number of piperidine rings is 1. The second-order valence-corrected chi connectivity index (χ2v) is 5.39. The van der Waals surface area contributed by atoms with Gasteiger partial charge in [0, 0.05) is 0 Å². The highest BCUT2D eigenvalue weighted by Gasteiger charge is 2.17. The van der Waals surface area contributed by atoms with E-state index in [1.54, 1.807) is 0 Å². The zero-order valence-corrected chi connectivity index (χ0v) is 12.0. The van der Waals surface area contributed by atoms with Crippen molar-refractivity contribution in [3.63, 3.8) is 0 Å². The average Bonchev–Trinajstić information content (AvgIpc) is 2.54. The molecule has 1 aliphatic rings. The molecule has 22 heavy (non-hydrogen) atoms. The first kappa shape index (κ1) is 14.8. The maximum Gasteiger partial charge on any atom is 0.228 e. The van der Waals surface area contributed by atoms with Crippen LogP contribution in [0.25, 0.3) is 0 Å². The van der Waals surface area contributed by atoms with Crippen LogP contribution < -0.4 is 10.6 Å². The fraction of sp³-hybridized carbons (Fsp3) is 0.400. The van der Waals surface area contributed by atoms with Crippen molar-refractivity contribution >= 4 is 11.8 Å². The van der Waals surface area contributed by atoms with Crippen molar-refractivity contribution in [2.24, 2.45) is 5.92 Å². The Hall–Kier alpha value is -2.15. The molecule has 0 aliphatic carbocycles. The van der Waals surface area contributed by atoms with Crippen LogP contribution in [0.5, 0.6) is 0 Å². The molecule has 5 nitrogen and oxygen atoms in total. The molecule has 0 aromatic carbocycles. The van der Waals surface area contributed by atoms with Gasteiger partial charge in [-0.15, -0.1) is 0 Å². The van der Waals surface area contributed by atoms with Gasteiger partial charge in [0.15, 0.2) is 5.82 Å².